The highest BCUT2D eigenvalue weighted by Crippen LogP contribution is 2.35. The predicted octanol–water partition coefficient (Wildman–Crippen LogP) is 3.47. The fourth-order valence-corrected chi connectivity index (χ4v) is 5.79. The maximum absolute atomic E-state index is 14.0. The van der Waals surface area contributed by atoms with E-state index in [0.717, 1.165) is 0 Å². The summed E-state index contributed by atoms with van der Waals surface area (Å²) in [6.45, 7) is 6.10. The number of nitrogens with zero attached hydrogens (tertiary/aromatic N) is 3. The molecule has 4 rings (SSSR count). The van der Waals surface area contributed by atoms with Gasteiger partial charge in [0.2, 0.25) is 10.0 Å². The van der Waals surface area contributed by atoms with E-state index in [4.69, 9.17) is 4.74 Å². The van der Waals surface area contributed by atoms with Gasteiger partial charge in [-0.25, -0.2) is 12.8 Å². The number of aliphatic carboxylic acids is 1. The van der Waals surface area contributed by atoms with Crippen molar-refractivity contribution < 1.29 is 27.4 Å². The second-order valence-electron chi connectivity index (χ2n) is 8.63. The lowest BCUT2D eigenvalue weighted by Gasteiger charge is -2.18. The number of benzene rings is 2. The third-order valence-corrected chi connectivity index (χ3v) is 7.60. The highest BCUT2D eigenvalue weighted by molar-refractivity contribution is 7.89. The second kappa shape index (κ2) is 8.75. The van der Waals surface area contributed by atoms with Crippen molar-refractivity contribution in [2.75, 3.05) is 13.1 Å². The number of fused-ring (bicyclic) bond motifs is 1. The Kier molecular flexibility index (Phi) is 6.15. The topological polar surface area (TPSA) is 102 Å². The fraction of sp³-hybridized carbons (Fsp3) is 0.391. The van der Waals surface area contributed by atoms with E-state index >= 15 is 0 Å². The quantitative estimate of drug-likeness (QED) is 0.562. The van der Waals surface area contributed by atoms with Crippen molar-refractivity contribution in [1.29, 1.82) is 0 Å². The van der Waals surface area contributed by atoms with E-state index in [1.807, 2.05) is 20.8 Å². The molecule has 1 aliphatic heterocycles. The Morgan fingerprint density at radius 3 is 2.55 bits per heavy atom. The molecule has 0 aliphatic carbocycles. The Balaban J connectivity index is 1.64. The first-order chi connectivity index (χ1) is 15.6. The molecule has 33 heavy (non-hydrogen) atoms. The summed E-state index contributed by atoms with van der Waals surface area (Å²) in [5, 5.41) is 14.2. The minimum Gasteiger partial charge on any atom is -0.491 e. The number of hydrogen-bond acceptors (Lipinski definition) is 5. The van der Waals surface area contributed by atoms with Crippen LogP contribution in [0.15, 0.2) is 47.4 Å². The summed E-state index contributed by atoms with van der Waals surface area (Å²) in [7, 11) is -3.76. The Bertz CT molecular complexity index is 1290. The molecule has 1 aliphatic rings. The molecule has 2 aromatic carbocycles. The summed E-state index contributed by atoms with van der Waals surface area (Å²) in [4.78, 5) is 11.4. The van der Waals surface area contributed by atoms with Crippen LogP contribution in [0.4, 0.5) is 4.39 Å². The lowest BCUT2D eigenvalue weighted by atomic mass is 10.1. The minimum absolute atomic E-state index is 0.0209. The first kappa shape index (κ1) is 23.2. The molecular formula is C23H26FN3O5S. The fourth-order valence-electron chi connectivity index (χ4n) is 4.23. The molecule has 0 amide bonds. The number of carbonyl (C=O) groups is 1. The largest absolute Gasteiger partial charge is 0.491 e. The van der Waals surface area contributed by atoms with E-state index in [0.29, 0.717) is 22.3 Å². The number of sulfonamides is 1. The molecule has 0 spiro atoms. The molecule has 176 valence electrons. The van der Waals surface area contributed by atoms with Gasteiger partial charge >= 0.3 is 5.97 Å². The number of halogens is 1. The average Bonchev–Trinajstić information content (AvgIpc) is 3.28. The summed E-state index contributed by atoms with van der Waals surface area (Å²) in [6, 6.07) is 10.0. The zero-order chi connectivity index (χ0) is 23.9. The first-order valence-electron chi connectivity index (χ1n) is 10.7. The Labute approximate surface area is 191 Å². The van der Waals surface area contributed by atoms with Gasteiger partial charge in [0, 0.05) is 18.5 Å². The molecule has 10 heteroatoms. The van der Waals surface area contributed by atoms with Crippen LogP contribution >= 0.6 is 0 Å². The maximum Gasteiger partial charge on any atom is 0.309 e. The van der Waals surface area contributed by atoms with Gasteiger partial charge < -0.3 is 9.84 Å². The van der Waals surface area contributed by atoms with Gasteiger partial charge in [-0.15, -0.1) is 0 Å². The van der Waals surface area contributed by atoms with Crippen molar-refractivity contribution in [2.45, 2.75) is 44.2 Å². The van der Waals surface area contributed by atoms with E-state index in [1.54, 1.807) is 16.8 Å². The molecule has 1 N–H and O–H groups in total. The van der Waals surface area contributed by atoms with Crippen molar-refractivity contribution in [3.05, 3.63) is 54.0 Å². The molecule has 2 heterocycles. The van der Waals surface area contributed by atoms with Crippen LogP contribution in [0.3, 0.4) is 0 Å². The predicted molar refractivity (Wildman–Crippen MR) is 120 cm³/mol. The van der Waals surface area contributed by atoms with Crippen LogP contribution in [0, 0.1) is 11.7 Å². The minimum atomic E-state index is -3.76. The second-order valence-corrected chi connectivity index (χ2v) is 10.6. The van der Waals surface area contributed by atoms with Gasteiger partial charge in [-0.3, -0.25) is 9.48 Å². The van der Waals surface area contributed by atoms with Crippen LogP contribution in [-0.4, -0.2) is 52.8 Å². The summed E-state index contributed by atoms with van der Waals surface area (Å²) >= 11 is 0. The molecule has 3 aromatic rings. The highest BCUT2D eigenvalue weighted by Gasteiger charge is 2.39. The molecule has 0 radical (unpaired) electrons. The van der Waals surface area contributed by atoms with Gasteiger partial charge in [-0.05, 0) is 62.2 Å². The molecule has 1 fully saturated rings. The molecule has 0 bridgehead atoms. The van der Waals surface area contributed by atoms with E-state index in [9.17, 15) is 22.7 Å². The Morgan fingerprint density at radius 2 is 1.91 bits per heavy atom. The van der Waals surface area contributed by atoms with Gasteiger partial charge in [-0.2, -0.15) is 9.40 Å². The van der Waals surface area contributed by atoms with Crippen molar-refractivity contribution in [3.63, 3.8) is 0 Å². The zero-order valence-corrected chi connectivity index (χ0v) is 19.4. The van der Waals surface area contributed by atoms with Crippen molar-refractivity contribution in [1.82, 2.24) is 14.1 Å². The van der Waals surface area contributed by atoms with Crippen LogP contribution in [-0.2, 0) is 21.2 Å². The first-order valence-corrected chi connectivity index (χ1v) is 12.2. The van der Waals surface area contributed by atoms with Crippen LogP contribution < -0.4 is 4.74 Å². The smallest absolute Gasteiger partial charge is 0.309 e. The number of carboxylic acids is 1. The Morgan fingerprint density at radius 1 is 1.21 bits per heavy atom. The zero-order valence-electron chi connectivity index (χ0n) is 18.6. The maximum atomic E-state index is 14.0. The van der Waals surface area contributed by atoms with Crippen LogP contribution in [0.25, 0.3) is 10.9 Å². The Hall–Kier alpha value is -2.98. The third-order valence-electron chi connectivity index (χ3n) is 5.75. The molecular weight excluding hydrogens is 449 g/mol. The van der Waals surface area contributed by atoms with Crippen LogP contribution in [0.2, 0.25) is 0 Å². The molecule has 0 saturated carbocycles. The summed E-state index contributed by atoms with van der Waals surface area (Å²) in [5.41, 5.74) is 0.782. The van der Waals surface area contributed by atoms with Crippen LogP contribution in [0.1, 0.15) is 32.5 Å². The number of hydrogen-bond donors (Lipinski definition) is 1. The summed E-state index contributed by atoms with van der Waals surface area (Å²) in [5.74, 6) is -1.04. The molecule has 1 unspecified atom stereocenters. The standard InChI is InChI=1S/C23H26FN3O5S/c1-14(2)32-17-5-7-18(8-6-17)33(30,31)26-12-15(3)22(13-26)27-21-10-16(24)4-9-19(21)20(25-27)11-23(28)29/h4-10,14-15,22H,11-13H2,1-3H3,(H,28,29)/t15-,22?/m1/s1. The average molecular weight is 476 g/mol. The van der Waals surface area contributed by atoms with E-state index in [-0.39, 0.29) is 42.5 Å². The number of rotatable bonds is 7. The lowest BCUT2D eigenvalue weighted by molar-refractivity contribution is -0.136. The number of aromatic nitrogens is 2. The lowest BCUT2D eigenvalue weighted by Crippen LogP contribution is -2.29. The SMILES string of the molecule is CC(C)Oc1ccc(S(=O)(=O)N2CC(n3nc(CC(=O)O)c4ccc(F)cc43)[C@H](C)C2)cc1. The van der Waals surface area contributed by atoms with Gasteiger partial charge in [0.15, 0.2) is 0 Å². The normalized spacial score (nSPS) is 19.4. The van der Waals surface area contributed by atoms with Gasteiger partial charge in [0.1, 0.15) is 11.6 Å². The third kappa shape index (κ3) is 4.58. The van der Waals surface area contributed by atoms with Crippen molar-refractivity contribution >= 4 is 26.9 Å². The van der Waals surface area contributed by atoms with Gasteiger partial charge in [0.25, 0.3) is 0 Å². The van der Waals surface area contributed by atoms with E-state index in [2.05, 4.69) is 5.10 Å². The molecule has 1 aromatic heterocycles. The molecule has 2 atom stereocenters. The van der Waals surface area contributed by atoms with Gasteiger partial charge in [0.05, 0.1) is 34.7 Å². The highest BCUT2D eigenvalue weighted by atomic mass is 32.2. The van der Waals surface area contributed by atoms with Gasteiger partial charge in [-0.1, -0.05) is 6.92 Å². The van der Waals surface area contributed by atoms with Crippen LogP contribution in [0.5, 0.6) is 5.75 Å². The number of carboxylic acid groups (broad SMARTS) is 1. The summed E-state index contributed by atoms with van der Waals surface area (Å²) in [6.07, 6.45) is -0.323. The van der Waals surface area contributed by atoms with E-state index in [1.165, 1.54) is 34.6 Å². The number of ether oxygens (including phenoxy) is 1. The summed E-state index contributed by atoms with van der Waals surface area (Å²) < 4.78 is 49.1. The molecule has 1 saturated heterocycles. The van der Waals surface area contributed by atoms with Crippen molar-refractivity contribution in [3.8, 4) is 5.75 Å². The van der Waals surface area contributed by atoms with Crippen molar-refractivity contribution in [2.24, 2.45) is 5.92 Å². The van der Waals surface area contributed by atoms with E-state index < -0.39 is 21.8 Å². The monoisotopic (exact) mass is 475 g/mol. The molecule has 8 nitrogen and oxygen atoms in total.